The van der Waals surface area contributed by atoms with Crippen molar-refractivity contribution in [2.45, 2.75) is 32.2 Å². The largest absolute Gasteiger partial charge is 0.493 e. The second-order valence-corrected chi connectivity index (χ2v) is 6.90. The molecular weight excluding hydrogens is 319 g/mol. The summed E-state index contributed by atoms with van der Waals surface area (Å²) in [5, 5.41) is 0.792. The Morgan fingerprint density at radius 2 is 1.86 bits per heavy atom. The molecule has 1 saturated heterocycles. The molecule has 22 heavy (non-hydrogen) atoms. The van der Waals surface area contributed by atoms with E-state index in [0.717, 1.165) is 49.5 Å². The van der Waals surface area contributed by atoms with Crippen LogP contribution in [-0.4, -0.2) is 31.1 Å². The highest BCUT2D eigenvalue weighted by molar-refractivity contribution is 6.30. The lowest BCUT2D eigenvalue weighted by Gasteiger charge is -2.31. The molecule has 0 amide bonds. The number of benzene rings is 1. The SMILES string of the molecule is Cl.NCC1CCN(Cc2cc(Cl)ccc2OCC2CC2)CC1. The first-order chi connectivity index (χ1) is 10.2. The van der Waals surface area contributed by atoms with Crippen molar-refractivity contribution in [1.29, 1.82) is 0 Å². The number of halogens is 2. The summed E-state index contributed by atoms with van der Waals surface area (Å²) < 4.78 is 5.99. The van der Waals surface area contributed by atoms with Crippen molar-refractivity contribution >= 4 is 24.0 Å². The second-order valence-electron chi connectivity index (χ2n) is 6.46. The van der Waals surface area contributed by atoms with E-state index in [1.165, 1.54) is 31.2 Å². The minimum absolute atomic E-state index is 0. The van der Waals surface area contributed by atoms with Crippen molar-refractivity contribution in [3.8, 4) is 5.75 Å². The molecule has 2 fully saturated rings. The van der Waals surface area contributed by atoms with Crippen LogP contribution in [0, 0.1) is 11.8 Å². The molecule has 5 heteroatoms. The van der Waals surface area contributed by atoms with Crippen molar-refractivity contribution in [1.82, 2.24) is 4.90 Å². The molecule has 3 rings (SSSR count). The summed E-state index contributed by atoms with van der Waals surface area (Å²) in [5.41, 5.74) is 6.98. The predicted molar refractivity (Wildman–Crippen MR) is 94.0 cm³/mol. The number of likely N-dealkylation sites (tertiary alicyclic amines) is 1. The van der Waals surface area contributed by atoms with E-state index in [1.807, 2.05) is 12.1 Å². The zero-order chi connectivity index (χ0) is 14.7. The van der Waals surface area contributed by atoms with Gasteiger partial charge in [-0.1, -0.05) is 11.6 Å². The van der Waals surface area contributed by atoms with Crippen molar-refractivity contribution in [3.63, 3.8) is 0 Å². The average Bonchev–Trinajstić information content (AvgIpc) is 3.31. The summed E-state index contributed by atoms with van der Waals surface area (Å²) in [6.07, 6.45) is 5.04. The number of piperidine rings is 1. The Morgan fingerprint density at radius 1 is 1.14 bits per heavy atom. The van der Waals surface area contributed by atoms with E-state index in [0.29, 0.717) is 5.92 Å². The molecule has 1 aromatic carbocycles. The van der Waals surface area contributed by atoms with Gasteiger partial charge in [0.05, 0.1) is 6.61 Å². The third kappa shape index (κ3) is 5.02. The van der Waals surface area contributed by atoms with Gasteiger partial charge in [0, 0.05) is 17.1 Å². The molecule has 0 atom stereocenters. The minimum Gasteiger partial charge on any atom is -0.493 e. The molecule has 2 N–H and O–H groups in total. The van der Waals surface area contributed by atoms with E-state index >= 15 is 0 Å². The van der Waals surface area contributed by atoms with Crippen LogP contribution < -0.4 is 10.5 Å². The summed E-state index contributed by atoms with van der Waals surface area (Å²) in [4.78, 5) is 2.49. The van der Waals surface area contributed by atoms with E-state index in [9.17, 15) is 0 Å². The highest BCUT2D eigenvalue weighted by Crippen LogP contribution is 2.32. The molecule has 1 aliphatic heterocycles. The Labute approximate surface area is 144 Å². The van der Waals surface area contributed by atoms with Crippen LogP contribution >= 0.6 is 24.0 Å². The zero-order valence-corrected chi connectivity index (χ0v) is 14.5. The summed E-state index contributed by atoms with van der Waals surface area (Å²) >= 11 is 6.16. The number of hydrogen-bond donors (Lipinski definition) is 1. The zero-order valence-electron chi connectivity index (χ0n) is 13.0. The molecule has 0 bridgehead atoms. The normalized spacial score (nSPS) is 19.7. The summed E-state index contributed by atoms with van der Waals surface area (Å²) in [5.74, 6) is 2.48. The Balaban J connectivity index is 0.00000176. The third-order valence-electron chi connectivity index (χ3n) is 4.63. The van der Waals surface area contributed by atoms with Crippen LogP contribution in [0.4, 0.5) is 0 Å². The average molecular weight is 345 g/mol. The topological polar surface area (TPSA) is 38.5 Å². The summed E-state index contributed by atoms with van der Waals surface area (Å²) in [7, 11) is 0. The lowest BCUT2D eigenvalue weighted by molar-refractivity contribution is 0.177. The highest BCUT2D eigenvalue weighted by Gasteiger charge is 2.23. The Morgan fingerprint density at radius 3 is 2.50 bits per heavy atom. The van der Waals surface area contributed by atoms with Gasteiger partial charge in [-0.15, -0.1) is 12.4 Å². The van der Waals surface area contributed by atoms with Crippen LogP contribution in [0.1, 0.15) is 31.2 Å². The molecular formula is C17H26Cl2N2O. The van der Waals surface area contributed by atoms with Gasteiger partial charge in [0.15, 0.2) is 0 Å². The van der Waals surface area contributed by atoms with Crippen LogP contribution in [-0.2, 0) is 6.54 Å². The van der Waals surface area contributed by atoms with Gasteiger partial charge in [-0.05, 0) is 75.4 Å². The van der Waals surface area contributed by atoms with Crippen molar-refractivity contribution in [2.75, 3.05) is 26.2 Å². The van der Waals surface area contributed by atoms with Gasteiger partial charge in [-0.2, -0.15) is 0 Å². The van der Waals surface area contributed by atoms with Gasteiger partial charge in [-0.3, -0.25) is 4.90 Å². The van der Waals surface area contributed by atoms with Crippen LogP contribution in [0.15, 0.2) is 18.2 Å². The minimum atomic E-state index is 0. The quantitative estimate of drug-likeness (QED) is 0.854. The van der Waals surface area contributed by atoms with Gasteiger partial charge in [0.2, 0.25) is 0 Å². The van der Waals surface area contributed by atoms with E-state index in [4.69, 9.17) is 22.1 Å². The molecule has 3 nitrogen and oxygen atoms in total. The number of rotatable bonds is 6. The fourth-order valence-corrected chi connectivity index (χ4v) is 3.12. The van der Waals surface area contributed by atoms with Crippen LogP contribution in [0.5, 0.6) is 5.75 Å². The maximum absolute atomic E-state index is 6.16. The number of nitrogens with two attached hydrogens (primary N) is 1. The first-order valence-electron chi connectivity index (χ1n) is 8.08. The lowest BCUT2D eigenvalue weighted by Crippen LogP contribution is -2.35. The second kappa shape index (κ2) is 8.39. The molecule has 124 valence electrons. The molecule has 0 unspecified atom stereocenters. The first-order valence-corrected chi connectivity index (χ1v) is 8.46. The number of hydrogen-bond acceptors (Lipinski definition) is 3. The van der Waals surface area contributed by atoms with E-state index in [1.54, 1.807) is 0 Å². The van der Waals surface area contributed by atoms with Gasteiger partial charge >= 0.3 is 0 Å². The van der Waals surface area contributed by atoms with Crippen LogP contribution in [0.3, 0.4) is 0 Å². The Bertz CT molecular complexity index is 472. The van der Waals surface area contributed by atoms with Gasteiger partial charge < -0.3 is 10.5 Å². The molecule has 1 heterocycles. The maximum atomic E-state index is 6.16. The van der Waals surface area contributed by atoms with Crippen molar-refractivity contribution in [2.24, 2.45) is 17.6 Å². The lowest BCUT2D eigenvalue weighted by atomic mass is 9.97. The Kier molecular flexibility index (Phi) is 6.82. The first kappa shape index (κ1) is 17.9. The van der Waals surface area contributed by atoms with Crippen LogP contribution in [0.2, 0.25) is 5.02 Å². The van der Waals surface area contributed by atoms with Gasteiger partial charge in [-0.25, -0.2) is 0 Å². The van der Waals surface area contributed by atoms with Gasteiger partial charge in [0.25, 0.3) is 0 Å². The summed E-state index contributed by atoms with van der Waals surface area (Å²) in [6, 6.07) is 6.00. The standard InChI is InChI=1S/C17H25ClN2O.ClH/c18-16-3-4-17(21-12-14-1-2-14)15(9-16)11-20-7-5-13(10-19)6-8-20;/h3-4,9,13-14H,1-2,5-8,10-12,19H2;1H. The molecule has 1 saturated carbocycles. The highest BCUT2D eigenvalue weighted by atomic mass is 35.5. The molecule has 0 aromatic heterocycles. The van der Waals surface area contributed by atoms with Crippen molar-refractivity contribution in [3.05, 3.63) is 28.8 Å². The third-order valence-corrected chi connectivity index (χ3v) is 4.86. The van der Waals surface area contributed by atoms with E-state index < -0.39 is 0 Å². The molecule has 0 radical (unpaired) electrons. The van der Waals surface area contributed by atoms with Crippen molar-refractivity contribution < 1.29 is 4.74 Å². The number of ether oxygens (including phenoxy) is 1. The number of nitrogens with zero attached hydrogens (tertiary/aromatic N) is 1. The smallest absolute Gasteiger partial charge is 0.123 e. The fraction of sp³-hybridized carbons (Fsp3) is 0.647. The van der Waals surface area contributed by atoms with E-state index in [-0.39, 0.29) is 12.4 Å². The summed E-state index contributed by atoms with van der Waals surface area (Å²) in [6.45, 7) is 4.84. The molecule has 0 spiro atoms. The predicted octanol–water partition coefficient (Wildman–Crippen LogP) is 3.72. The van der Waals surface area contributed by atoms with E-state index in [2.05, 4.69) is 11.0 Å². The molecule has 2 aliphatic rings. The Hall–Kier alpha value is -0.480. The molecule has 1 aromatic rings. The molecule has 1 aliphatic carbocycles. The monoisotopic (exact) mass is 344 g/mol. The maximum Gasteiger partial charge on any atom is 0.123 e. The fourth-order valence-electron chi connectivity index (χ4n) is 2.93. The van der Waals surface area contributed by atoms with Gasteiger partial charge in [0.1, 0.15) is 5.75 Å². The van der Waals surface area contributed by atoms with Crippen LogP contribution in [0.25, 0.3) is 0 Å².